The van der Waals surface area contributed by atoms with Gasteiger partial charge in [-0.25, -0.2) is 9.18 Å². The number of esters is 1. The number of amides is 1. The molecular formula is C21H18FN3O4. The molecule has 0 atom stereocenters. The monoisotopic (exact) mass is 395 g/mol. The Kier molecular flexibility index (Phi) is 6.53. The molecule has 29 heavy (non-hydrogen) atoms. The van der Waals surface area contributed by atoms with Gasteiger partial charge in [-0.15, -0.1) is 0 Å². The normalized spacial score (nSPS) is 10.4. The minimum atomic E-state index is -1.01. The highest BCUT2D eigenvalue weighted by atomic mass is 19.1. The van der Waals surface area contributed by atoms with Gasteiger partial charge in [0.05, 0.1) is 29.2 Å². The lowest BCUT2D eigenvalue weighted by molar-refractivity contribution is -0.125. The summed E-state index contributed by atoms with van der Waals surface area (Å²) in [5.74, 6) is -1.62. The molecule has 8 heteroatoms. The van der Waals surface area contributed by atoms with Crippen LogP contribution in [0.4, 0.5) is 10.1 Å². The highest BCUT2D eigenvalue weighted by Gasteiger charge is 2.29. The van der Waals surface area contributed by atoms with Gasteiger partial charge in [0.25, 0.3) is 0 Å². The van der Waals surface area contributed by atoms with Gasteiger partial charge >= 0.3 is 5.97 Å². The summed E-state index contributed by atoms with van der Waals surface area (Å²) in [6.07, 6.45) is 0. The second-order valence-electron chi connectivity index (χ2n) is 6.74. The van der Waals surface area contributed by atoms with Crippen LogP contribution in [-0.2, 0) is 9.53 Å². The van der Waals surface area contributed by atoms with Crippen LogP contribution < -0.4 is 10.1 Å². The molecule has 0 heterocycles. The SMILES string of the molecule is COC(=O)c1cc(NC(=O)C(C)(C)COc2ccc(C#N)c(F)c2)ccc1C#N. The lowest BCUT2D eigenvalue weighted by Gasteiger charge is -2.24. The number of nitrogens with one attached hydrogen (secondary N) is 1. The van der Waals surface area contributed by atoms with Crippen LogP contribution >= 0.6 is 0 Å². The molecule has 0 bridgehead atoms. The number of carbonyl (C=O) groups excluding carboxylic acids is 2. The smallest absolute Gasteiger partial charge is 0.339 e. The van der Waals surface area contributed by atoms with E-state index in [9.17, 15) is 14.0 Å². The third-order valence-corrected chi connectivity index (χ3v) is 4.08. The molecule has 0 aliphatic rings. The quantitative estimate of drug-likeness (QED) is 0.750. The maximum absolute atomic E-state index is 13.7. The number of anilines is 1. The van der Waals surface area contributed by atoms with Crippen molar-refractivity contribution in [1.29, 1.82) is 10.5 Å². The van der Waals surface area contributed by atoms with Crippen LogP contribution in [0.5, 0.6) is 5.75 Å². The zero-order valence-electron chi connectivity index (χ0n) is 16.1. The van der Waals surface area contributed by atoms with E-state index in [1.54, 1.807) is 19.9 Å². The summed E-state index contributed by atoms with van der Waals surface area (Å²) in [6.45, 7) is 3.20. The van der Waals surface area contributed by atoms with E-state index in [0.29, 0.717) is 5.69 Å². The summed E-state index contributed by atoms with van der Waals surface area (Å²) in [4.78, 5) is 24.4. The van der Waals surface area contributed by atoms with Crippen LogP contribution in [0.2, 0.25) is 0 Å². The second-order valence-corrected chi connectivity index (χ2v) is 6.74. The second kappa shape index (κ2) is 8.85. The molecule has 148 valence electrons. The molecule has 0 spiro atoms. The standard InChI is InChI=1S/C21H18FN3O4/c1-21(2,12-29-16-7-5-14(11-24)18(22)9-16)20(27)25-15-6-4-13(10-23)17(8-15)19(26)28-3/h4-9H,12H2,1-3H3,(H,25,27). The molecule has 0 radical (unpaired) electrons. The zero-order valence-corrected chi connectivity index (χ0v) is 16.1. The van der Waals surface area contributed by atoms with Crippen LogP contribution in [0.3, 0.4) is 0 Å². The lowest BCUT2D eigenvalue weighted by atomic mass is 9.93. The predicted octanol–water partition coefficient (Wildman–Crippen LogP) is 3.40. The number of nitrogens with zero attached hydrogens (tertiary/aromatic N) is 2. The average molecular weight is 395 g/mol. The van der Waals surface area contributed by atoms with E-state index in [1.165, 1.54) is 37.4 Å². The molecule has 1 N–H and O–H groups in total. The highest BCUT2D eigenvalue weighted by molar-refractivity contribution is 5.98. The summed E-state index contributed by atoms with van der Waals surface area (Å²) in [6, 6.07) is 11.7. The Morgan fingerprint density at radius 2 is 1.76 bits per heavy atom. The van der Waals surface area contributed by atoms with Gasteiger partial charge < -0.3 is 14.8 Å². The molecular weight excluding hydrogens is 377 g/mol. The lowest BCUT2D eigenvalue weighted by Crippen LogP contribution is -2.36. The fraction of sp³-hybridized carbons (Fsp3) is 0.238. The van der Waals surface area contributed by atoms with E-state index in [0.717, 1.165) is 6.07 Å². The molecule has 0 unspecified atom stereocenters. The number of nitriles is 2. The van der Waals surface area contributed by atoms with Crippen molar-refractivity contribution in [2.45, 2.75) is 13.8 Å². The molecule has 0 aliphatic heterocycles. The fourth-order valence-corrected chi connectivity index (χ4v) is 2.30. The minimum Gasteiger partial charge on any atom is -0.492 e. The Labute approximate surface area is 167 Å². The van der Waals surface area contributed by atoms with Crippen LogP contribution in [-0.4, -0.2) is 25.6 Å². The number of ether oxygens (including phenoxy) is 2. The summed E-state index contributed by atoms with van der Waals surface area (Å²) >= 11 is 0. The van der Waals surface area contributed by atoms with Gasteiger partial charge in [-0.3, -0.25) is 4.79 Å². The molecule has 7 nitrogen and oxygen atoms in total. The van der Waals surface area contributed by atoms with Gasteiger partial charge in [-0.1, -0.05) is 0 Å². The van der Waals surface area contributed by atoms with Gasteiger partial charge in [-0.2, -0.15) is 10.5 Å². The van der Waals surface area contributed by atoms with E-state index >= 15 is 0 Å². The molecule has 0 aliphatic carbocycles. The molecule has 2 aromatic rings. The molecule has 2 rings (SSSR count). The first-order valence-electron chi connectivity index (χ1n) is 8.48. The molecule has 0 saturated carbocycles. The van der Waals surface area contributed by atoms with Crippen molar-refractivity contribution < 1.29 is 23.5 Å². The van der Waals surface area contributed by atoms with Crippen molar-refractivity contribution in [2.24, 2.45) is 5.41 Å². The predicted molar refractivity (Wildman–Crippen MR) is 102 cm³/mol. The van der Waals surface area contributed by atoms with E-state index in [1.807, 2.05) is 6.07 Å². The first kappa shape index (κ1) is 21.4. The Bertz CT molecular complexity index is 1040. The molecule has 2 aromatic carbocycles. The summed E-state index contributed by atoms with van der Waals surface area (Å²) in [5.41, 5.74) is -0.636. The van der Waals surface area contributed by atoms with Gasteiger partial charge in [0.1, 0.15) is 30.3 Å². The van der Waals surface area contributed by atoms with Crippen LogP contribution in [0.15, 0.2) is 36.4 Å². The number of hydrogen-bond donors (Lipinski definition) is 1. The van der Waals surface area contributed by atoms with Gasteiger partial charge in [0.2, 0.25) is 5.91 Å². The Morgan fingerprint density at radius 3 is 2.34 bits per heavy atom. The third kappa shape index (κ3) is 5.08. The largest absolute Gasteiger partial charge is 0.492 e. The van der Waals surface area contributed by atoms with E-state index < -0.39 is 23.1 Å². The average Bonchev–Trinajstić information content (AvgIpc) is 2.71. The number of halogens is 1. The van der Waals surface area contributed by atoms with Crippen molar-refractivity contribution in [2.75, 3.05) is 19.0 Å². The van der Waals surface area contributed by atoms with Crippen molar-refractivity contribution in [1.82, 2.24) is 0 Å². The highest BCUT2D eigenvalue weighted by Crippen LogP contribution is 2.24. The topological polar surface area (TPSA) is 112 Å². The maximum Gasteiger partial charge on any atom is 0.339 e. The summed E-state index contributed by atoms with van der Waals surface area (Å²) in [7, 11) is 1.20. The van der Waals surface area contributed by atoms with E-state index in [-0.39, 0.29) is 29.0 Å². The van der Waals surface area contributed by atoms with Crippen LogP contribution in [0.1, 0.15) is 35.3 Å². The maximum atomic E-state index is 13.7. The van der Waals surface area contributed by atoms with Crippen LogP contribution in [0.25, 0.3) is 0 Å². The van der Waals surface area contributed by atoms with Crippen LogP contribution in [0, 0.1) is 33.9 Å². The summed E-state index contributed by atoms with van der Waals surface area (Å²) in [5, 5.41) is 20.5. The van der Waals surface area contributed by atoms with Crippen molar-refractivity contribution in [3.8, 4) is 17.9 Å². The van der Waals surface area contributed by atoms with Gasteiger partial charge in [-0.05, 0) is 44.2 Å². The van der Waals surface area contributed by atoms with Gasteiger partial charge in [0, 0.05) is 11.8 Å². The molecule has 0 saturated heterocycles. The van der Waals surface area contributed by atoms with Crippen molar-refractivity contribution in [3.63, 3.8) is 0 Å². The van der Waals surface area contributed by atoms with E-state index in [4.69, 9.17) is 15.3 Å². The number of benzene rings is 2. The fourth-order valence-electron chi connectivity index (χ4n) is 2.30. The molecule has 1 amide bonds. The molecule has 0 aromatic heterocycles. The zero-order chi connectivity index (χ0) is 21.6. The first-order chi connectivity index (χ1) is 13.7. The minimum absolute atomic E-state index is 0.0370. The first-order valence-corrected chi connectivity index (χ1v) is 8.48. The number of carbonyl (C=O) groups is 2. The van der Waals surface area contributed by atoms with Gasteiger partial charge in [0.15, 0.2) is 0 Å². The van der Waals surface area contributed by atoms with Crippen molar-refractivity contribution in [3.05, 3.63) is 58.9 Å². The Balaban J connectivity index is 2.11. The number of rotatable bonds is 6. The third-order valence-electron chi connectivity index (χ3n) is 4.08. The Hall–Kier alpha value is -3.91. The number of hydrogen-bond acceptors (Lipinski definition) is 6. The molecule has 0 fully saturated rings. The number of methoxy groups -OCH3 is 1. The summed E-state index contributed by atoms with van der Waals surface area (Å²) < 4.78 is 23.8. The van der Waals surface area contributed by atoms with Crippen molar-refractivity contribution >= 4 is 17.6 Å². The Morgan fingerprint density at radius 1 is 1.10 bits per heavy atom. The van der Waals surface area contributed by atoms with E-state index in [2.05, 4.69) is 10.1 Å².